The molecule has 1 spiro atoms. The van der Waals surface area contributed by atoms with E-state index >= 15 is 0 Å². The van der Waals surface area contributed by atoms with Gasteiger partial charge >= 0.3 is 0 Å². The summed E-state index contributed by atoms with van der Waals surface area (Å²) in [5.74, 6) is 2.55. The molecule has 0 radical (unpaired) electrons. The molecule has 134 valence electrons. The summed E-state index contributed by atoms with van der Waals surface area (Å²) >= 11 is 6.11. The summed E-state index contributed by atoms with van der Waals surface area (Å²) in [4.78, 5) is 2.54. The fourth-order valence-electron chi connectivity index (χ4n) is 5.18. The molecule has 1 aliphatic heterocycles. The third-order valence-corrected chi connectivity index (χ3v) is 6.75. The lowest BCUT2D eigenvalue weighted by Crippen LogP contribution is -2.63. The van der Waals surface area contributed by atoms with Gasteiger partial charge in [-0.3, -0.25) is 5.43 Å². The molecule has 3 nitrogen and oxygen atoms in total. The molecule has 1 atom stereocenters. The van der Waals surface area contributed by atoms with Crippen LogP contribution in [-0.2, 0) is 6.54 Å². The van der Waals surface area contributed by atoms with Crippen LogP contribution >= 0.6 is 11.6 Å². The molecule has 2 aromatic carbocycles. The van der Waals surface area contributed by atoms with Gasteiger partial charge in [-0.05, 0) is 67.9 Å². The predicted molar refractivity (Wildman–Crippen MR) is 106 cm³/mol. The fraction of sp³-hybridized carbons (Fsp3) is 0.409. The number of nitrogens with zero attached hydrogens (tertiary/aromatic N) is 2. The zero-order valence-electron chi connectivity index (χ0n) is 14.9. The number of nitrogens with one attached hydrogen (secondary N) is 1. The standard InChI is InChI=1S/C22H24ClN3/c23-20-12-8-18(9-13-20)21-24-25-22(14-16-6-10-19(22)11-7-16)26(21)15-17-4-2-1-3-5-17/h1-5,8-9,12-13,16,19,25H,6-7,10-11,14-15H2. The Balaban J connectivity index is 1.53. The minimum absolute atomic E-state index is 0.0218. The van der Waals surface area contributed by atoms with Gasteiger partial charge in [-0.1, -0.05) is 41.9 Å². The highest BCUT2D eigenvalue weighted by Crippen LogP contribution is 2.51. The van der Waals surface area contributed by atoms with E-state index < -0.39 is 0 Å². The van der Waals surface area contributed by atoms with Crippen molar-refractivity contribution in [2.45, 2.75) is 44.3 Å². The van der Waals surface area contributed by atoms with Crippen molar-refractivity contribution in [3.05, 3.63) is 70.7 Å². The predicted octanol–water partition coefficient (Wildman–Crippen LogP) is 5.01. The van der Waals surface area contributed by atoms with Crippen LogP contribution in [0.3, 0.4) is 0 Å². The van der Waals surface area contributed by atoms with Crippen LogP contribution in [0.15, 0.2) is 59.7 Å². The van der Waals surface area contributed by atoms with Crippen LogP contribution in [0, 0.1) is 11.8 Å². The summed E-state index contributed by atoms with van der Waals surface area (Å²) in [6.07, 6.45) is 6.58. The van der Waals surface area contributed by atoms with Crippen molar-refractivity contribution in [3.8, 4) is 0 Å². The second kappa shape index (κ2) is 6.31. The highest BCUT2D eigenvalue weighted by molar-refractivity contribution is 6.30. The molecule has 2 aromatic rings. The van der Waals surface area contributed by atoms with Crippen LogP contribution < -0.4 is 5.43 Å². The molecule has 3 saturated carbocycles. The number of hydrazone groups is 1. The first-order chi connectivity index (χ1) is 12.7. The smallest absolute Gasteiger partial charge is 0.158 e. The molecule has 6 rings (SSSR count). The lowest BCUT2D eigenvalue weighted by atomic mass is 9.63. The highest BCUT2D eigenvalue weighted by atomic mass is 35.5. The van der Waals surface area contributed by atoms with E-state index in [4.69, 9.17) is 16.7 Å². The molecule has 0 saturated heterocycles. The van der Waals surface area contributed by atoms with Crippen LogP contribution in [0.5, 0.6) is 0 Å². The molecule has 1 heterocycles. The Morgan fingerprint density at radius 1 is 1.00 bits per heavy atom. The maximum absolute atomic E-state index is 6.11. The molecule has 4 heteroatoms. The third-order valence-electron chi connectivity index (χ3n) is 6.50. The van der Waals surface area contributed by atoms with Crippen molar-refractivity contribution in [2.24, 2.45) is 16.9 Å². The molecule has 3 aliphatic carbocycles. The monoisotopic (exact) mass is 365 g/mol. The summed E-state index contributed by atoms with van der Waals surface area (Å²) < 4.78 is 0. The van der Waals surface area contributed by atoms with Gasteiger partial charge in [-0.25, -0.2) is 0 Å². The van der Waals surface area contributed by atoms with E-state index in [1.165, 1.54) is 37.7 Å². The minimum atomic E-state index is -0.0218. The largest absolute Gasteiger partial charge is 0.326 e. The SMILES string of the molecule is Clc1ccc(C2=NNC3(CC4CCC3CC4)N2Cc2ccccc2)cc1. The van der Waals surface area contributed by atoms with Crippen LogP contribution in [0.25, 0.3) is 0 Å². The molecule has 0 aromatic heterocycles. The van der Waals surface area contributed by atoms with Crippen LogP contribution in [0.2, 0.25) is 5.02 Å². The Kier molecular flexibility index (Phi) is 3.93. The Hall–Kier alpha value is -2.00. The third kappa shape index (κ3) is 2.61. The number of fused-ring (bicyclic) bond motifs is 2. The van der Waals surface area contributed by atoms with E-state index in [0.29, 0.717) is 5.92 Å². The van der Waals surface area contributed by atoms with Gasteiger partial charge in [0.25, 0.3) is 0 Å². The fourth-order valence-corrected chi connectivity index (χ4v) is 5.31. The molecular weight excluding hydrogens is 342 g/mol. The topological polar surface area (TPSA) is 27.6 Å². The van der Waals surface area contributed by atoms with Crippen LogP contribution in [0.1, 0.15) is 43.2 Å². The normalized spacial score (nSPS) is 29.7. The Morgan fingerprint density at radius 2 is 1.73 bits per heavy atom. The number of halogens is 1. The Bertz CT molecular complexity index is 809. The Morgan fingerprint density at radius 3 is 2.38 bits per heavy atom. The van der Waals surface area contributed by atoms with E-state index in [9.17, 15) is 0 Å². The van der Waals surface area contributed by atoms with Gasteiger partial charge in [-0.2, -0.15) is 5.10 Å². The second-order valence-corrected chi connectivity index (χ2v) is 8.41. The van der Waals surface area contributed by atoms with Gasteiger partial charge in [0.1, 0.15) is 5.66 Å². The van der Waals surface area contributed by atoms with E-state index in [-0.39, 0.29) is 5.66 Å². The van der Waals surface area contributed by atoms with E-state index in [2.05, 4.69) is 52.8 Å². The minimum Gasteiger partial charge on any atom is -0.326 e. The van der Waals surface area contributed by atoms with Crippen molar-refractivity contribution in [2.75, 3.05) is 0 Å². The molecular formula is C22H24ClN3. The average molecular weight is 366 g/mol. The van der Waals surface area contributed by atoms with Gasteiger partial charge in [0.15, 0.2) is 5.84 Å². The highest BCUT2D eigenvalue weighted by Gasteiger charge is 2.54. The number of hydrogen-bond acceptors (Lipinski definition) is 3. The van der Waals surface area contributed by atoms with Crippen molar-refractivity contribution in [1.29, 1.82) is 0 Å². The van der Waals surface area contributed by atoms with E-state index in [1.807, 2.05) is 12.1 Å². The summed E-state index contributed by atoms with van der Waals surface area (Å²) in [6, 6.07) is 18.8. The first-order valence-electron chi connectivity index (χ1n) is 9.67. The molecule has 26 heavy (non-hydrogen) atoms. The zero-order chi connectivity index (χ0) is 17.6. The first-order valence-corrected chi connectivity index (χ1v) is 10.0. The summed E-state index contributed by atoms with van der Waals surface area (Å²) in [7, 11) is 0. The van der Waals surface area contributed by atoms with E-state index in [0.717, 1.165) is 28.9 Å². The van der Waals surface area contributed by atoms with Crippen LogP contribution in [0.4, 0.5) is 0 Å². The molecule has 1 N–H and O–H groups in total. The summed E-state index contributed by atoms with van der Waals surface area (Å²) in [5, 5.41) is 5.62. The van der Waals surface area contributed by atoms with Gasteiger partial charge in [0.05, 0.1) is 0 Å². The van der Waals surface area contributed by atoms with E-state index in [1.54, 1.807) is 0 Å². The number of rotatable bonds is 3. The number of amidine groups is 1. The molecule has 1 unspecified atom stereocenters. The molecule has 3 fully saturated rings. The number of benzene rings is 2. The summed E-state index contributed by atoms with van der Waals surface area (Å²) in [5.41, 5.74) is 6.06. The maximum Gasteiger partial charge on any atom is 0.158 e. The number of hydrogen-bond donors (Lipinski definition) is 1. The van der Waals surface area contributed by atoms with Gasteiger partial charge < -0.3 is 4.90 Å². The zero-order valence-corrected chi connectivity index (χ0v) is 15.6. The molecule has 0 amide bonds. The van der Waals surface area contributed by atoms with Crippen molar-refractivity contribution < 1.29 is 0 Å². The maximum atomic E-state index is 6.11. The van der Waals surface area contributed by atoms with Gasteiger partial charge in [-0.15, -0.1) is 0 Å². The van der Waals surface area contributed by atoms with Crippen molar-refractivity contribution >= 4 is 17.4 Å². The lowest BCUT2D eigenvalue weighted by Gasteiger charge is -2.54. The Labute approximate surface area is 160 Å². The van der Waals surface area contributed by atoms with Crippen LogP contribution in [-0.4, -0.2) is 16.4 Å². The van der Waals surface area contributed by atoms with Gasteiger partial charge in [0, 0.05) is 23.0 Å². The van der Waals surface area contributed by atoms with Gasteiger partial charge in [0.2, 0.25) is 0 Å². The lowest BCUT2D eigenvalue weighted by molar-refractivity contribution is -0.0331. The van der Waals surface area contributed by atoms with Crippen molar-refractivity contribution in [3.63, 3.8) is 0 Å². The quantitative estimate of drug-likeness (QED) is 0.827. The second-order valence-electron chi connectivity index (χ2n) is 7.97. The molecule has 4 aliphatic rings. The summed E-state index contributed by atoms with van der Waals surface area (Å²) in [6.45, 7) is 0.887. The first kappa shape index (κ1) is 16.2. The molecule has 2 bridgehead atoms. The van der Waals surface area contributed by atoms with Crippen molar-refractivity contribution in [1.82, 2.24) is 10.3 Å². The average Bonchev–Trinajstić information content (AvgIpc) is 3.02.